The number of methoxy groups -OCH3 is 1. The molecular weight excluding hydrogens is 240 g/mol. The highest BCUT2D eigenvalue weighted by atomic mass is 35.5. The minimum Gasteiger partial charge on any atom is -0.493 e. The molecule has 17 heavy (non-hydrogen) atoms. The highest BCUT2D eigenvalue weighted by molar-refractivity contribution is 6.31. The Morgan fingerprint density at radius 1 is 1.29 bits per heavy atom. The molecule has 1 N–H and O–H groups in total. The van der Waals surface area contributed by atoms with Gasteiger partial charge in [-0.05, 0) is 32.9 Å². The summed E-state index contributed by atoms with van der Waals surface area (Å²) in [5.41, 5.74) is 0.787. The largest absolute Gasteiger partial charge is 0.493 e. The zero-order valence-electron chi connectivity index (χ0n) is 10.7. The highest BCUT2D eigenvalue weighted by Gasteiger charge is 2.17. The Bertz CT molecular complexity index is 375. The van der Waals surface area contributed by atoms with Gasteiger partial charge in [0.1, 0.15) is 0 Å². The molecule has 0 aromatic heterocycles. The molecule has 0 bridgehead atoms. The molecule has 0 saturated heterocycles. The van der Waals surface area contributed by atoms with Crippen molar-refractivity contribution in [3.05, 3.63) is 22.7 Å². The van der Waals surface area contributed by atoms with Gasteiger partial charge in [-0.3, -0.25) is 0 Å². The summed E-state index contributed by atoms with van der Waals surface area (Å²) >= 11 is 6.14. The van der Waals surface area contributed by atoms with Crippen LogP contribution in [-0.4, -0.2) is 24.4 Å². The van der Waals surface area contributed by atoms with E-state index >= 15 is 0 Å². The van der Waals surface area contributed by atoms with Crippen LogP contribution in [0, 0.1) is 0 Å². The molecule has 1 unspecified atom stereocenters. The van der Waals surface area contributed by atoms with Gasteiger partial charge in [0.15, 0.2) is 11.5 Å². The SMILES string of the molecule is COc1ccc(Cl)c(CC(C)O)c1OC(C)C. The normalized spacial score (nSPS) is 12.6. The van der Waals surface area contributed by atoms with E-state index in [4.69, 9.17) is 21.1 Å². The van der Waals surface area contributed by atoms with Gasteiger partial charge in [0, 0.05) is 17.0 Å². The second kappa shape index (κ2) is 6.12. The second-order valence-electron chi connectivity index (χ2n) is 4.28. The van der Waals surface area contributed by atoms with Crippen LogP contribution in [0.4, 0.5) is 0 Å². The molecule has 3 nitrogen and oxygen atoms in total. The molecule has 0 fully saturated rings. The van der Waals surface area contributed by atoms with E-state index in [0.29, 0.717) is 22.9 Å². The van der Waals surface area contributed by atoms with Crippen molar-refractivity contribution in [3.8, 4) is 11.5 Å². The summed E-state index contributed by atoms with van der Waals surface area (Å²) in [6, 6.07) is 3.52. The van der Waals surface area contributed by atoms with E-state index in [2.05, 4.69) is 0 Å². The number of rotatable bonds is 5. The monoisotopic (exact) mass is 258 g/mol. The predicted molar refractivity (Wildman–Crippen MR) is 69.2 cm³/mol. The number of hydrogen-bond donors (Lipinski definition) is 1. The Labute approximate surface area is 107 Å². The zero-order chi connectivity index (χ0) is 13.0. The van der Waals surface area contributed by atoms with E-state index in [0.717, 1.165) is 5.56 Å². The van der Waals surface area contributed by atoms with Gasteiger partial charge in [-0.15, -0.1) is 0 Å². The van der Waals surface area contributed by atoms with Crippen LogP contribution in [0.1, 0.15) is 26.3 Å². The van der Waals surface area contributed by atoms with Gasteiger partial charge in [-0.2, -0.15) is 0 Å². The molecule has 1 rings (SSSR count). The third-order valence-electron chi connectivity index (χ3n) is 2.24. The van der Waals surface area contributed by atoms with Crippen molar-refractivity contribution in [2.75, 3.05) is 7.11 Å². The number of benzene rings is 1. The van der Waals surface area contributed by atoms with E-state index in [1.54, 1.807) is 26.2 Å². The summed E-state index contributed by atoms with van der Waals surface area (Å²) in [5, 5.41) is 10.1. The minimum absolute atomic E-state index is 0.0233. The summed E-state index contributed by atoms with van der Waals surface area (Å²) in [7, 11) is 1.59. The fraction of sp³-hybridized carbons (Fsp3) is 0.538. The van der Waals surface area contributed by atoms with Gasteiger partial charge >= 0.3 is 0 Å². The molecule has 1 atom stereocenters. The number of aliphatic hydroxyl groups is 1. The van der Waals surface area contributed by atoms with E-state index < -0.39 is 6.10 Å². The molecule has 0 aliphatic heterocycles. The van der Waals surface area contributed by atoms with Crippen molar-refractivity contribution >= 4 is 11.6 Å². The summed E-state index contributed by atoms with van der Waals surface area (Å²) in [5.74, 6) is 1.26. The number of hydrogen-bond acceptors (Lipinski definition) is 3. The first kappa shape index (κ1) is 14.1. The lowest BCUT2D eigenvalue weighted by molar-refractivity contribution is 0.188. The molecule has 0 radical (unpaired) electrons. The lowest BCUT2D eigenvalue weighted by Crippen LogP contribution is -2.12. The number of halogens is 1. The first-order valence-electron chi connectivity index (χ1n) is 5.65. The zero-order valence-corrected chi connectivity index (χ0v) is 11.4. The first-order chi connectivity index (χ1) is 7.95. The Morgan fingerprint density at radius 3 is 2.41 bits per heavy atom. The maximum Gasteiger partial charge on any atom is 0.166 e. The predicted octanol–water partition coefficient (Wildman–Crippen LogP) is 3.06. The Morgan fingerprint density at radius 2 is 1.94 bits per heavy atom. The first-order valence-corrected chi connectivity index (χ1v) is 6.03. The number of aliphatic hydroxyl groups excluding tert-OH is 1. The van der Waals surface area contributed by atoms with Gasteiger partial charge < -0.3 is 14.6 Å². The van der Waals surface area contributed by atoms with Crippen LogP contribution in [0.15, 0.2) is 12.1 Å². The fourth-order valence-corrected chi connectivity index (χ4v) is 1.82. The maximum atomic E-state index is 9.50. The van der Waals surface area contributed by atoms with Crippen molar-refractivity contribution < 1.29 is 14.6 Å². The maximum absolute atomic E-state index is 9.50. The molecule has 0 saturated carbocycles. The van der Waals surface area contributed by atoms with Crippen LogP contribution in [-0.2, 0) is 6.42 Å². The van der Waals surface area contributed by atoms with Crippen molar-refractivity contribution in [1.29, 1.82) is 0 Å². The van der Waals surface area contributed by atoms with Gasteiger partial charge in [0.05, 0.1) is 19.3 Å². The van der Waals surface area contributed by atoms with Crippen LogP contribution >= 0.6 is 11.6 Å². The van der Waals surface area contributed by atoms with E-state index in [9.17, 15) is 5.11 Å². The fourth-order valence-electron chi connectivity index (χ4n) is 1.59. The third-order valence-corrected chi connectivity index (χ3v) is 2.59. The quantitative estimate of drug-likeness (QED) is 0.882. The van der Waals surface area contributed by atoms with Crippen LogP contribution < -0.4 is 9.47 Å². The van der Waals surface area contributed by atoms with Crippen molar-refractivity contribution in [3.63, 3.8) is 0 Å². The van der Waals surface area contributed by atoms with Gasteiger partial charge in [-0.1, -0.05) is 11.6 Å². The highest BCUT2D eigenvalue weighted by Crippen LogP contribution is 2.37. The molecule has 0 amide bonds. The summed E-state index contributed by atoms with van der Waals surface area (Å²) in [6.45, 7) is 5.59. The smallest absolute Gasteiger partial charge is 0.166 e. The molecule has 0 aliphatic rings. The van der Waals surface area contributed by atoms with Crippen molar-refractivity contribution in [2.24, 2.45) is 0 Å². The van der Waals surface area contributed by atoms with Gasteiger partial charge in [0.2, 0.25) is 0 Å². The van der Waals surface area contributed by atoms with Crippen molar-refractivity contribution in [1.82, 2.24) is 0 Å². The molecular formula is C13H19ClO3. The van der Waals surface area contributed by atoms with Crippen LogP contribution in [0.3, 0.4) is 0 Å². The lowest BCUT2D eigenvalue weighted by atomic mass is 10.1. The Kier molecular flexibility index (Phi) is 5.09. The molecule has 4 heteroatoms. The van der Waals surface area contributed by atoms with Gasteiger partial charge in [0.25, 0.3) is 0 Å². The summed E-state index contributed by atoms with van der Waals surface area (Å²) < 4.78 is 11.0. The van der Waals surface area contributed by atoms with Crippen LogP contribution in [0.2, 0.25) is 5.02 Å². The lowest BCUT2D eigenvalue weighted by Gasteiger charge is -2.19. The average molecular weight is 259 g/mol. The summed E-state index contributed by atoms with van der Waals surface area (Å²) in [6.07, 6.45) is -0.0119. The molecule has 96 valence electrons. The molecule has 1 aromatic carbocycles. The molecule has 0 aliphatic carbocycles. The number of ether oxygens (including phenoxy) is 2. The average Bonchev–Trinajstić information content (AvgIpc) is 2.22. The minimum atomic E-state index is -0.478. The molecule has 0 heterocycles. The van der Waals surface area contributed by atoms with E-state index in [1.807, 2.05) is 13.8 Å². The Hall–Kier alpha value is -0.930. The van der Waals surface area contributed by atoms with E-state index in [1.165, 1.54) is 0 Å². The van der Waals surface area contributed by atoms with Crippen molar-refractivity contribution in [2.45, 2.75) is 39.4 Å². The van der Waals surface area contributed by atoms with E-state index in [-0.39, 0.29) is 6.10 Å². The Balaban J connectivity index is 3.21. The molecule has 0 spiro atoms. The third kappa shape index (κ3) is 3.79. The van der Waals surface area contributed by atoms with Crippen LogP contribution in [0.5, 0.6) is 11.5 Å². The standard InChI is InChI=1S/C13H19ClO3/c1-8(2)17-13-10(7-9(3)15)11(14)5-6-12(13)16-4/h5-6,8-9,15H,7H2,1-4H3. The summed E-state index contributed by atoms with van der Waals surface area (Å²) in [4.78, 5) is 0. The second-order valence-corrected chi connectivity index (χ2v) is 4.68. The topological polar surface area (TPSA) is 38.7 Å². The molecule has 1 aromatic rings. The van der Waals surface area contributed by atoms with Gasteiger partial charge in [-0.25, -0.2) is 0 Å². The van der Waals surface area contributed by atoms with Crippen LogP contribution in [0.25, 0.3) is 0 Å².